The predicted molar refractivity (Wildman–Crippen MR) is 56.0 cm³/mol. The molecule has 0 bridgehead atoms. The Labute approximate surface area is 86.1 Å². The maximum Gasteiger partial charge on any atom is 0.222 e. The van der Waals surface area contributed by atoms with Crippen LogP contribution >= 0.6 is 0 Å². The van der Waals surface area contributed by atoms with E-state index in [1.165, 1.54) is 19.3 Å². The lowest BCUT2D eigenvalue weighted by molar-refractivity contribution is -0.138. The third-order valence-electron chi connectivity index (χ3n) is 3.98. The second-order valence-electron chi connectivity index (χ2n) is 5.05. The molecule has 2 saturated heterocycles. The molecule has 2 rings (SSSR count). The van der Waals surface area contributed by atoms with Crippen LogP contribution in [0.1, 0.15) is 25.7 Å². The van der Waals surface area contributed by atoms with Gasteiger partial charge < -0.3 is 9.80 Å². The SMILES string of the molecule is CN1CCC2(CC1)CCN(C)C(=O)C2. The van der Waals surface area contributed by atoms with Crippen molar-refractivity contribution in [3.63, 3.8) is 0 Å². The summed E-state index contributed by atoms with van der Waals surface area (Å²) >= 11 is 0. The number of carbonyl (C=O) groups is 1. The molecule has 0 aromatic carbocycles. The molecule has 1 amide bonds. The van der Waals surface area contributed by atoms with E-state index in [0.29, 0.717) is 11.3 Å². The highest BCUT2D eigenvalue weighted by Crippen LogP contribution is 2.40. The number of amides is 1. The van der Waals surface area contributed by atoms with Crippen molar-refractivity contribution < 1.29 is 4.79 Å². The molecule has 0 radical (unpaired) electrons. The Hall–Kier alpha value is -0.570. The van der Waals surface area contributed by atoms with Gasteiger partial charge in [0.25, 0.3) is 0 Å². The molecule has 0 N–H and O–H groups in total. The quantitative estimate of drug-likeness (QED) is 0.576. The molecule has 3 heteroatoms. The summed E-state index contributed by atoms with van der Waals surface area (Å²) in [7, 11) is 4.09. The third-order valence-corrected chi connectivity index (χ3v) is 3.98. The van der Waals surface area contributed by atoms with E-state index in [4.69, 9.17) is 0 Å². The highest BCUT2D eigenvalue weighted by molar-refractivity contribution is 5.77. The molecule has 0 aromatic rings. The smallest absolute Gasteiger partial charge is 0.222 e. The Morgan fingerprint density at radius 3 is 2.21 bits per heavy atom. The van der Waals surface area contributed by atoms with Gasteiger partial charge in [-0.05, 0) is 44.8 Å². The summed E-state index contributed by atoms with van der Waals surface area (Å²) in [6.07, 6.45) is 4.42. The zero-order valence-corrected chi connectivity index (χ0v) is 9.25. The van der Waals surface area contributed by atoms with Gasteiger partial charge in [0.2, 0.25) is 5.91 Å². The van der Waals surface area contributed by atoms with Gasteiger partial charge in [0, 0.05) is 20.0 Å². The summed E-state index contributed by atoms with van der Waals surface area (Å²) in [6.45, 7) is 3.29. The average Bonchev–Trinajstić information content (AvgIpc) is 2.18. The minimum Gasteiger partial charge on any atom is -0.346 e. The highest BCUT2D eigenvalue weighted by atomic mass is 16.2. The van der Waals surface area contributed by atoms with E-state index in [-0.39, 0.29) is 0 Å². The molecule has 1 spiro atoms. The molecule has 0 aromatic heterocycles. The fourth-order valence-corrected chi connectivity index (χ4v) is 2.59. The summed E-state index contributed by atoms with van der Waals surface area (Å²) < 4.78 is 0. The Bertz CT molecular complexity index is 226. The molecule has 14 heavy (non-hydrogen) atoms. The number of hydrogen-bond acceptors (Lipinski definition) is 2. The van der Waals surface area contributed by atoms with Gasteiger partial charge in [0.15, 0.2) is 0 Å². The Balaban J connectivity index is 2.00. The zero-order chi connectivity index (χ0) is 10.2. The second kappa shape index (κ2) is 3.54. The molecular formula is C11H20N2O. The Kier molecular flexibility index (Phi) is 2.52. The van der Waals surface area contributed by atoms with Crippen molar-refractivity contribution in [2.24, 2.45) is 5.41 Å². The van der Waals surface area contributed by atoms with Crippen molar-refractivity contribution in [3.05, 3.63) is 0 Å². The molecule has 0 saturated carbocycles. The van der Waals surface area contributed by atoms with Crippen LogP contribution in [0.15, 0.2) is 0 Å². The summed E-state index contributed by atoms with van der Waals surface area (Å²) in [5.41, 5.74) is 0.357. The van der Waals surface area contributed by atoms with Gasteiger partial charge in [-0.2, -0.15) is 0 Å². The van der Waals surface area contributed by atoms with Crippen LogP contribution in [-0.2, 0) is 4.79 Å². The van der Waals surface area contributed by atoms with Gasteiger partial charge in [-0.15, -0.1) is 0 Å². The van der Waals surface area contributed by atoms with Crippen LogP contribution in [0.25, 0.3) is 0 Å². The predicted octanol–water partition coefficient (Wildman–Crippen LogP) is 0.951. The van der Waals surface area contributed by atoms with E-state index in [0.717, 1.165) is 26.1 Å². The average molecular weight is 196 g/mol. The summed E-state index contributed by atoms with van der Waals surface area (Å²) in [5, 5.41) is 0. The first kappa shape index (κ1) is 9.97. The van der Waals surface area contributed by atoms with E-state index >= 15 is 0 Å². The number of likely N-dealkylation sites (tertiary alicyclic amines) is 2. The minimum absolute atomic E-state index is 0.348. The molecule has 2 fully saturated rings. The Morgan fingerprint density at radius 1 is 1.07 bits per heavy atom. The number of hydrogen-bond donors (Lipinski definition) is 0. The van der Waals surface area contributed by atoms with Crippen LogP contribution in [0, 0.1) is 5.41 Å². The molecule has 3 nitrogen and oxygen atoms in total. The van der Waals surface area contributed by atoms with Crippen molar-refractivity contribution in [3.8, 4) is 0 Å². The first-order valence-electron chi connectivity index (χ1n) is 5.54. The standard InChI is InChI=1S/C11H20N2O/c1-12-6-3-11(4-7-12)5-8-13(2)10(14)9-11/h3-9H2,1-2H3. The van der Waals surface area contributed by atoms with Crippen molar-refractivity contribution in [2.45, 2.75) is 25.7 Å². The fraction of sp³-hybridized carbons (Fsp3) is 0.909. The maximum absolute atomic E-state index is 11.7. The van der Waals surface area contributed by atoms with Crippen LogP contribution < -0.4 is 0 Å². The largest absolute Gasteiger partial charge is 0.346 e. The summed E-state index contributed by atoms with van der Waals surface area (Å²) in [5.74, 6) is 0.348. The first-order valence-corrected chi connectivity index (χ1v) is 5.54. The van der Waals surface area contributed by atoms with Crippen molar-refractivity contribution >= 4 is 5.91 Å². The molecule has 2 aliphatic heterocycles. The van der Waals surface area contributed by atoms with Gasteiger partial charge in [-0.3, -0.25) is 4.79 Å². The van der Waals surface area contributed by atoms with Crippen molar-refractivity contribution in [2.75, 3.05) is 33.7 Å². The molecular weight excluding hydrogens is 176 g/mol. The van der Waals surface area contributed by atoms with Gasteiger partial charge in [0.1, 0.15) is 0 Å². The monoisotopic (exact) mass is 196 g/mol. The number of nitrogens with zero attached hydrogens (tertiary/aromatic N) is 2. The minimum atomic E-state index is 0.348. The number of rotatable bonds is 0. The number of carbonyl (C=O) groups excluding carboxylic acids is 1. The first-order chi connectivity index (χ1) is 6.61. The van der Waals surface area contributed by atoms with Crippen molar-refractivity contribution in [1.82, 2.24) is 9.80 Å². The van der Waals surface area contributed by atoms with Gasteiger partial charge in [-0.1, -0.05) is 0 Å². The van der Waals surface area contributed by atoms with Crippen LogP contribution in [0.5, 0.6) is 0 Å². The lowest BCUT2D eigenvalue weighted by Gasteiger charge is -2.44. The molecule has 2 aliphatic rings. The van der Waals surface area contributed by atoms with Gasteiger partial charge >= 0.3 is 0 Å². The highest BCUT2D eigenvalue weighted by Gasteiger charge is 2.39. The van der Waals surface area contributed by atoms with E-state index in [1.54, 1.807) is 0 Å². The van der Waals surface area contributed by atoms with Gasteiger partial charge in [-0.25, -0.2) is 0 Å². The second-order valence-corrected chi connectivity index (χ2v) is 5.05. The summed E-state index contributed by atoms with van der Waals surface area (Å²) in [6, 6.07) is 0. The van der Waals surface area contributed by atoms with E-state index in [9.17, 15) is 4.79 Å². The van der Waals surface area contributed by atoms with E-state index < -0.39 is 0 Å². The van der Waals surface area contributed by atoms with Crippen LogP contribution in [-0.4, -0.2) is 49.4 Å². The van der Waals surface area contributed by atoms with E-state index in [1.807, 2.05) is 11.9 Å². The lowest BCUT2D eigenvalue weighted by Crippen LogP contribution is -2.47. The summed E-state index contributed by atoms with van der Waals surface area (Å²) in [4.78, 5) is 15.9. The molecule has 0 aliphatic carbocycles. The molecule has 2 heterocycles. The van der Waals surface area contributed by atoms with Crippen LogP contribution in [0.2, 0.25) is 0 Å². The van der Waals surface area contributed by atoms with Gasteiger partial charge in [0.05, 0.1) is 0 Å². The molecule has 0 unspecified atom stereocenters. The molecule has 0 atom stereocenters. The normalized spacial score (nSPS) is 28.4. The maximum atomic E-state index is 11.7. The van der Waals surface area contributed by atoms with Crippen LogP contribution in [0.4, 0.5) is 0 Å². The van der Waals surface area contributed by atoms with Crippen molar-refractivity contribution in [1.29, 1.82) is 0 Å². The Morgan fingerprint density at radius 2 is 1.64 bits per heavy atom. The van der Waals surface area contributed by atoms with Crippen LogP contribution in [0.3, 0.4) is 0 Å². The topological polar surface area (TPSA) is 23.6 Å². The fourth-order valence-electron chi connectivity index (χ4n) is 2.59. The zero-order valence-electron chi connectivity index (χ0n) is 9.25. The number of piperidine rings is 2. The van der Waals surface area contributed by atoms with E-state index in [2.05, 4.69) is 11.9 Å². The third kappa shape index (κ3) is 1.78. The lowest BCUT2D eigenvalue weighted by atomic mass is 9.71. The molecule has 80 valence electrons.